The summed E-state index contributed by atoms with van der Waals surface area (Å²) in [6.45, 7) is 2.41. The molecule has 0 N–H and O–H groups in total. The van der Waals surface area contributed by atoms with Crippen molar-refractivity contribution in [3.05, 3.63) is 65.2 Å². The van der Waals surface area contributed by atoms with Crippen molar-refractivity contribution in [1.29, 1.82) is 0 Å². The molecular formula is C23H27F3N2O2. The van der Waals surface area contributed by atoms with Gasteiger partial charge in [-0.25, -0.2) is 0 Å². The van der Waals surface area contributed by atoms with Crippen molar-refractivity contribution in [3.8, 4) is 5.75 Å². The molecule has 0 spiro atoms. The molecule has 7 heteroatoms. The topological polar surface area (TPSA) is 32.8 Å². The van der Waals surface area contributed by atoms with E-state index in [4.69, 9.17) is 4.74 Å². The van der Waals surface area contributed by atoms with Gasteiger partial charge in [-0.1, -0.05) is 36.4 Å². The molecule has 0 unspecified atom stereocenters. The maximum absolute atomic E-state index is 12.9. The van der Waals surface area contributed by atoms with E-state index in [1.165, 1.54) is 12.1 Å². The fourth-order valence-electron chi connectivity index (χ4n) is 3.65. The molecule has 2 aromatic rings. The summed E-state index contributed by atoms with van der Waals surface area (Å²) in [7, 11) is 1.84. The molecule has 0 aliphatic carbocycles. The van der Waals surface area contributed by atoms with Gasteiger partial charge in [-0.15, -0.1) is 0 Å². The van der Waals surface area contributed by atoms with E-state index in [1.807, 2.05) is 41.1 Å². The van der Waals surface area contributed by atoms with E-state index in [9.17, 15) is 18.0 Å². The number of benzene rings is 2. The first-order valence-electron chi connectivity index (χ1n) is 10.2. The van der Waals surface area contributed by atoms with Gasteiger partial charge >= 0.3 is 6.18 Å². The first-order chi connectivity index (χ1) is 14.3. The predicted octanol–water partition coefficient (Wildman–Crippen LogP) is 4.73. The molecule has 0 aromatic heterocycles. The first kappa shape index (κ1) is 22.2. The third kappa shape index (κ3) is 6.23. The predicted molar refractivity (Wildman–Crippen MR) is 109 cm³/mol. The number of alkyl halides is 3. The Labute approximate surface area is 175 Å². The van der Waals surface area contributed by atoms with E-state index in [-0.39, 0.29) is 12.5 Å². The molecule has 162 valence electrons. The fourth-order valence-corrected chi connectivity index (χ4v) is 3.65. The zero-order valence-electron chi connectivity index (χ0n) is 17.1. The molecule has 1 amide bonds. The summed E-state index contributed by atoms with van der Waals surface area (Å²) in [5, 5.41) is 0. The Bertz CT molecular complexity index is 848. The lowest BCUT2D eigenvalue weighted by Gasteiger charge is -2.27. The lowest BCUT2D eigenvalue weighted by atomic mass is 10.1. The second-order valence-electron chi connectivity index (χ2n) is 7.71. The van der Waals surface area contributed by atoms with Crippen LogP contribution in [0.25, 0.3) is 0 Å². The number of piperidine rings is 1. The molecule has 1 heterocycles. The lowest BCUT2D eigenvalue weighted by Crippen LogP contribution is -2.38. The van der Waals surface area contributed by atoms with Crippen LogP contribution in [0.5, 0.6) is 5.75 Å². The zero-order chi connectivity index (χ0) is 21.6. The van der Waals surface area contributed by atoms with Gasteiger partial charge in [0.2, 0.25) is 0 Å². The summed E-state index contributed by atoms with van der Waals surface area (Å²) in [5.41, 5.74) is 0.831. The van der Waals surface area contributed by atoms with Crippen LogP contribution in [0.2, 0.25) is 0 Å². The summed E-state index contributed by atoms with van der Waals surface area (Å²) in [6, 6.07) is 12.8. The highest BCUT2D eigenvalue weighted by Crippen LogP contribution is 2.30. The molecule has 1 saturated heterocycles. The average Bonchev–Trinajstić information content (AvgIpc) is 2.73. The fraction of sp³-hybridized carbons (Fsp3) is 0.435. The molecule has 1 fully saturated rings. The number of hydrogen-bond acceptors (Lipinski definition) is 3. The summed E-state index contributed by atoms with van der Waals surface area (Å²) in [5.74, 6) is 0.612. The van der Waals surface area contributed by atoms with Crippen molar-refractivity contribution < 1.29 is 22.7 Å². The summed E-state index contributed by atoms with van der Waals surface area (Å²) in [4.78, 5) is 16.1. The molecule has 0 radical (unpaired) electrons. The minimum absolute atomic E-state index is 0.00560. The number of ether oxygens (including phenoxy) is 1. The van der Waals surface area contributed by atoms with Gasteiger partial charge in [0.1, 0.15) is 5.75 Å². The molecule has 30 heavy (non-hydrogen) atoms. The first-order valence-corrected chi connectivity index (χ1v) is 10.2. The van der Waals surface area contributed by atoms with Crippen LogP contribution in [-0.4, -0.2) is 42.5 Å². The molecule has 0 atom stereocenters. The normalized spacial score (nSPS) is 14.8. The third-order valence-corrected chi connectivity index (χ3v) is 5.18. The van der Waals surface area contributed by atoms with Crippen LogP contribution in [0, 0.1) is 0 Å². The second-order valence-corrected chi connectivity index (χ2v) is 7.71. The number of rotatable bonds is 7. The molecule has 2 aromatic carbocycles. The number of likely N-dealkylation sites (tertiary alicyclic amines) is 1. The van der Waals surface area contributed by atoms with E-state index in [0.717, 1.165) is 44.0 Å². The number of amides is 1. The van der Waals surface area contributed by atoms with Crippen LogP contribution in [0.15, 0.2) is 48.5 Å². The van der Waals surface area contributed by atoms with Crippen LogP contribution in [0.3, 0.4) is 0 Å². The highest BCUT2D eigenvalue weighted by Gasteiger charge is 2.30. The number of halogens is 3. The van der Waals surface area contributed by atoms with E-state index in [1.54, 1.807) is 6.07 Å². The quantitative estimate of drug-likeness (QED) is 0.649. The number of nitrogens with zero attached hydrogens (tertiary/aromatic N) is 2. The van der Waals surface area contributed by atoms with Crippen molar-refractivity contribution in [2.24, 2.45) is 0 Å². The third-order valence-electron chi connectivity index (χ3n) is 5.18. The van der Waals surface area contributed by atoms with Gasteiger partial charge in [0.05, 0.1) is 5.56 Å². The summed E-state index contributed by atoms with van der Waals surface area (Å²) < 4.78 is 44.6. The summed E-state index contributed by atoms with van der Waals surface area (Å²) in [6.07, 6.45) is -1.13. The van der Waals surface area contributed by atoms with Gasteiger partial charge in [-0.3, -0.25) is 9.69 Å². The molecule has 4 nitrogen and oxygen atoms in total. The van der Waals surface area contributed by atoms with Gasteiger partial charge in [0.15, 0.2) is 6.61 Å². The molecular weight excluding hydrogens is 393 g/mol. The van der Waals surface area contributed by atoms with E-state index < -0.39 is 11.7 Å². The summed E-state index contributed by atoms with van der Waals surface area (Å²) >= 11 is 0. The molecule has 0 saturated carbocycles. The maximum Gasteiger partial charge on any atom is 0.416 e. The van der Waals surface area contributed by atoms with Crippen LogP contribution < -0.4 is 4.74 Å². The zero-order valence-corrected chi connectivity index (χ0v) is 17.1. The van der Waals surface area contributed by atoms with E-state index in [0.29, 0.717) is 24.4 Å². The number of carbonyl (C=O) groups excluding carboxylic acids is 1. The Kier molecular flexibility index (Phi) is 7.37. The van der Waals surface area contributed by atoms with E-state index >= 15 is 0 Å². The van der Waals surface area contributed by atoms with Gasteiger partial charge in [-0.05, 0) is 44.0 Å². The van der Waals surface area contributed by atoms with Crippen LogP contribution in [-0.2, 0) is 24.1 Å². The van der Waals surface area contributed by atoms with Crippen LogP contribution in [0.1, 0.15) is 36.0 Å². The van der Waals surface area contributed by atoms with Crippen molar-refractivity contribution >= 4 is 5.91 Å². The molecule has 0 bridgehead atoms. The minimum atomic E-state index is -4.35. The Morgan fingerprint density at radius 1 is 1.03 bits per heavy atom. The van der Waals surface area contributed by atoms with Crippen molar-refractivity contribution in [2.45, 2.75) is 38.5 Å². The smallest absolute Gasteiger partial charge is 0.416 e. The lowest BCUT2D eigenvalue weighted by molar-refractivity contribution is -0.137. The number of hydrogen-bond donors (Lipinski definition) is 0. The highest BCUT2D eigenvalue weighted by molar-refractivity contribution is 5.77. The SMILES string of the molecule is CN(Cc1cccc(C(F)(F)F)c1)Cc1ccccc1OCC(=O)N1CCCCC1. The van der Waals surface area contributed by atoms with Crippen LogP contribution in [0.4, 0.5) is 13.2 Å². The van der Waals surface area contributed by atoms with E-state index in [2.05, 4.69) is 0 Å². The average molecular weight is 420 g/mol. The van der Waals surface area contributed by atoms with Gasteiger partial charge in [-0.2, -0.15) is 13.2 Å². The van der Waals surface area contributed by atoms with Gasteiger partial charge in [0, 0.05) is 31.7 Å². The maximum atomic E-state index is 12.9. The molecule has 1 aliphatic heterocycles. The molecule has 1 aliphatic rings. The van der Waals surface area contributed by atoms with Crippen molar-refractivity contribution in [2.75, 3.05) is 26.7 Å². The standard InChI is InChI=1S/C23H27F3N2O2/c1-27(15-18-8-7-10-20(14-18)23(24,25)26)16-19-9-3-4-11-21(19)30-17-22(29)28-12-5-2-6-13-28/h3-4,7-11,14H,2,5-6,12-13,15-17H2,1H3. The Morgan fingerprint density at radius 3 is 2.50 bits per heavy atom. The molecule has 3 rings (SSSR count). The second kappa shape index (κ2) is 9.98. The number of carbonyl (C=O) groups is 1. The van der Waals surface area contributed by atoms with Crippen molar-refractivity contribution in [3.63, 3.8) is 0 Å². The Hall–Kier alpha value is -2.54. The highest BCUT2D eigenvalue weighted by atomic mass is 19.4. The number of para-hydroxylation sites is 1. The Morgan fingerprint density at radius 2 is 1.77 bits per heavy atom. The minimum Gasteiger partial charge on any atom is -0.483 e. The Balaban J connectivity index is 1.59. The largest absolute Gasteiger partial charge is 0.483 e. The monoisotopic (exact) mass is 420 g/mol. The van der Waals surface area contributed by atoms with Crippen molar-refractivity contribution in [1.82, 2.24) is 9.80 Å². The van der Waals surface area contributed by atoms with Crippen LogP contribution >= 0.6 is 0 Å². The van der Waals surface area contributed by atoms with Gasteiger partial charge in [0.25, 0.3) is 5.91 Å². The van der Waals surface area contributed by atoms with Gasteiger partial charge < -0.3 is 9.64 Å².